The van der Waals surface area contributed by atoms with E-state index in [1.807, 2.05) is 0 Å². The van der Waals surface area contributed by atoms with Gasteiger partial charge >= 0.3 is 5.97 Å². The van der Waals surface area contributed by atoms with Gasteiger partial charge in [-0.15, -0.1) is 0 Å². The van der Waals surface area contributed by atoms with Crippen molar-refractivity contribution in [2.75, 3.05) is 19.8 Å². The van der Waals surface area contributed by atoms with Gasteiger partial charge in [0.15, 0.2) is 0 Å². The average molecular weight is 511 g/mol. The number of carbonyl (C=O) groups excluding carboxylic acids is 1. The SMILES string of the molecule is CC(=O)OCCC(C)CCCC(C)(C)OCCC(C)CCCC(C)(C)OCCC(C)CCC=C(C)C. The predicted octanol–water partition coefficient (Wildman–Crippen LogP) is 9.31. The summed E-state index contributed by atoms with van der Waals surface area (Å²) in [6.07, 6.45) is 14.9. The van der Waals surface area contributed by atoms with Gasteiger partial charge in [-0.25, -0.2) is 0 Å². The van der Waals surface area contributed by atoms with Crippen LogP contribution in [0.1, 0.15) is 140 Å². The fourth-order valence-electron chi connectivity index (χ4n) is 4.46. The van der Waals surface area contributed by atoms with Crippen LogP contribution in [0.2, 0.25) is 0 Å². The first-order valence-electron chi connectivity index (χ1n) is 14.8. The average Bonchev–Trinajstić information content (AvgIpc) is 2.72. The number of carbonyl (C=O) groups is 1. The summed E-state index contributed by atoms with van der Waals surface area (Å²) >= 11 is 0. The van der Waals surface area contributed by atoms with E-state index < -0.39 is 0 Å². The Balaban J connectivity index is 3.94. The minimum absolute atomic E-state index is 0.0346. The van der Waals surface area contributed by atoms with E-state index in [2.05, 4.69) is 68.4 Å². The molecule has 0 N–H and O–H groups in total. The van der Waals surface area contributed by atoms with Gasteiger partial charge in [0.25, 0.3) is 0 Å². The largest absolute Gasteiger partial charge is 0.466 e. The Morgan fingerprint density at radius 2 is 1.08 bits per heavy atom. The second kappa shape index (κ2) is 19.2. The molecule has 0 heterocycles. The van der Waals surface area contributed by atoms with Gasteiger partial charge in [-0.2, -0.15) is 0 Å². The van der Waals surface area contributed by atoms with Crippen LogP contribution in [0.4, 0.5) is 0 Å². The Morgan fingerprint density at radius 1 is 0.667 bits per heavy atom. The zero-order chi connectivity index (χ0) is 27.6. The maximum Gasteiger partial charge on any atom is 0.302 e. The summed E-state index contributed by atoms with van der Waals surface area (Å²) in [4.78, 5) is 10.9. The number of ether oxygens (including phenoxy) is 3. The van der Waals surface area contributed by atoms with Crippen LogP contribution in [0.25, 0.3) is 0 Å². The van der Waals surface area contributed by atoms with Crippen LogP contribution in [0.15, 0.2) is 11.6 Å². The number of hydrogen-bond acceptors (Lipinski definition) is 4. The van der Waals surface area contributed by atoms with Gasteiger partial charge in [0.2, 0.25) is 0 Å². The molecule has 0 aliphatic heterocycles. The van der Waals surface area contributed by atoms with E-state index >= 15 is 0 Å². The molecule has 36 heavy (non-hydrogen) atoms. The molecule has 0 rings (SSSR count). The van der Waals surface area contributed by atoms with E-state index in [-0.39, 0.29) is 17.2 Å². The molecule has 214 valence electrons. The highest BCUT2D eigenvalue weighted by Gasteiger charge is 2.21. The third-order valence-electron chi connectivity index (χ3n) is 7.29. The molecule has 0 aliphatic carbocycles. The molecular formula is C32H62O4. The molecule has 0 saturated heterocycles. The molecule has 0 aromatic carbocycles. The lowest BCUT2D eigenvalue weighted by atomic mass is 9.94. The minimum Gasteiger partial charge on any atom is -0.466 e. The molecule has 4 heteroatoms. The maximum absolute atomic E-state index is 10.9. The Bertz CT molecular complexity index is 589. The number of rotatable bonds is 22. The molecule has 0 amide bonds. The van der Waals surface area contributed by atoms with E-state index in [4.69, 9.17) is 14.2 Å². The van der Waals surface area contributed by atoms with Crippen LogP contribution in [0.5, 0.6) is 0 Å². The van der Waals surface area contributed by atoms with Gasteiger partial charge < -0.3 is 14.2 Å². The van der Waals surface area contributed by atoms with Gasteiger partial charge in [0.1, 0.15) is 0 Å². The van der Waals surface area contributed by atoms with Crippen molar-refractivity contribution in [3.8, 4) is 0 Å². The molecule has 0 aromatic heterocycles. The second-order valence-corrected chi connectivity index (χ2v) is 12.9. The van der Waals surface area contributed by atoms with E-state index in [9.17, 15) is 4.79 Å². The first-order chi connectivity index (χ1) is 16.7. The third-order valence-corrected chi connectivity index (χ3v) is 7.29. The van der Waals surface area contributed by atoms with Crippen LogP contribution in [0.3, 0.4) is 0 Å². The summed E-state index contributed by atoms with van der Waals surface area (Å²) in [5.74, 6) is 1.78. The van der Waals surface area contributed by atoms with Crippen molar-refractivity contribution in [1.82, 2.24) is 0 Å². The van der Waals surface area contributed by atoms with Gasteiger partial charge in [-0.1, -0.05) is 58.1 Å². The fourth-order valence-corrected chi connectivity index (χ4v) is 4.46. The molecule has 0 fully saturated rings. The molecule has 0 spiro atoms. The molecule has 0 bridgehead atoms. The first kappa shape index (κ1) is 35.1. The molecule has 0 saturated carbocycles. The smallest absolute Gasteiger partial charge is 0.302 e. The van der Waals surface area contributed by atoms with Crippen molar-refractivity contribution >= 4 is 5.97 Å². The Morgan fingerprint density at radius 3 is 1.50 bits per heavy atom. The quantitative estimate of drug-likeness (QED) is 0.107. The molecular weight excluding hydrogens is 448 g/mol. The normalized spacial score (nSPS) is 14.8. The zero-order valence-corrected chi connectivity index (χ0v) is 25.8. The summed E-state index contributed by atoms with van der Waals surface area (Å²) in [6, 6.07) is 0. The topological polar surface area (TPSA) is 44.8 Å². The Labute approximate surface area is 225 Å². The predicted molar refractivity (Wildman–Crippen MR) is 154 cm³/mol. The number of allylic oxidation sites excluding steroid dienone is 2. The van der Waals surface area contributed by atoms with Gasteiger partial charge in [0, 0.05) is 20.1 Å². The fraction of sp³-hybridized carbons (Fsp3) is 0.906. The molecule has 3 unspecified atom stereocenters. The van der Waals surface area contributed by atoms with Crippen molar-refractivity contribution < 1.29 is 19.0 Å². The number of esters is 1. The van der Waals surface area contributed by atoms with Crippen molar-refractivity contribution in [2.24, 2.45) is 17.8 Å². The molecule has 0 aromatic rings. The lowest BCUT2D eigenvalue weighted by Crippen LogP contribution is -2.26. The molecule has 4 nitrogen and oxygen atoms in total. The first-order valence-corrected chi connectivity index (χ1v) is 14.8. The summed E-state index contributed by atoms with van der Waals surface area (Å²) in [5.41, 5.74) is 1.31. The zero-order valence-electron chi connectivity index (χ0n) is 25.8. The maximum atomic E-state index is 10.9. The Hall–Kier alpha value is -0.870. The van der Waals surface area contributed by atoms with E-state index in [0.717, 1.165) is 64.1 Å². The molecule has 3 atom stereocenters. The molecule has 0 aliphatic rings. The lowest BCUT2D eigenvalue weighted by Gasteiger charge is -2.28. The van der Waals surface area contributed by atoms with Crippen molar-refractivity contribution in [3.63, 3.8) is 0 Å². The van der Waals surface area contributed by atoms with Crippen molar-refractivity contribution in [3.05, 3.63) is 11.6 Å². The Kier molecular flexibility index (Phi) is 18.8. The van der Waals surface area contributed by atoms with Crippen molar-refractivity contribution in [1.29, 1.82) is 0 Å². The highest BCUT2D eigenvalue weighted by Crippen LogP contribution is 2.25. The summed E-state index contributed by atoms with van der Waals surface area (Å²) in [7, 11) is 0. The van der Waals surface area contributed by atoms with E-state index in [1.165, 1.54) is 38.2 Å². The van der Waals surface area contributed by atoms with Crippen LogP contribution < -0.4 is 0 Å². The molecule has 0 radical (unpaired) electrons. The van der Waals surface area contributed by atoms with Crippen LogP contribution >= 0.6 is 0 Å². The summed E-state index contributed by atoms with van der Waals surface area (Å²) in [5, 5.41) is 0. The number of hydrogen-bond donors (Lipinski definition) is 0. The summed E-state index contributed by atoms with van der Waals surface area (Å²) < 4.78 is 17.6. The van der Waals surface area contributed by atoms with E-state index in [1.54, 1.807) is 0 Å². The highest BCUT2D eigenvalue weighted by molar-refractivity contribution is 5.65. The van der Waals surface area contributed by atoms with Gasteiger partial charge in [0.05, 0.1) is 17.8 Å². The van der Waals surface area contributed by atoms with Gasteiger partial charge in [-0.3, -0.25) is 4.79 Å². The monoisotopic (exact) mass is 510 g/mol. The van der Waals surface area contributed by atoms with E-state index in [0.29, 0.717) is 18.4 Å². The van der Waals surface area contributed by atoms with Crippen LogP contribution in [-0.2, 0) is 19.0 Å². The second-order valence-electron chi connectivity index (χ2n) is 12.9. The lowest BCUT2D eigenvalue weighted by molar-refractivity contribution is -0.141. The highest BCUT2D eigenvalue weighted by atomic mass is 16.5. The minimum atomic E-state index is -0.186. The van der Waals surface area contributed by atoms with Crippen LogP contribution in [0, 0.1) is 17.8 Å². The van der Waals surface area contributed by atoms with Crippen LogP contribution in [-0.4, -0.2) is 37.0 Å². The third kappa shape index (κ3) is 22.3. The van der Waals surface area contributed by atoms with Crippen molar-refractivity contribution in [2.45, 2.75) is 151 Å². The van der Waals surface area contributed by atoms with Gasteiger partial charge in [-0.05, 0) is 104 Å². The summed E-state index contributed by atoms with van der Waals surface area (Å²) in [6.45, 7) is 23.9. The standard InChI is InChI=1S/C32H62O4/c1-26(2)14-11-15-27(3)19-24-35-32(9,10)22-13-17-29(5)20-25-36-31(7,8)21-12-16-28(4)18-23-34-30(6)33/h14,27-29H,11-13,15-25H2,1-10H3.